The van der Waals surface area contributed by atoms with Crippen molar-refractivity contribution in [1.29, 1.82) is 0 Å². The van der Waals surface area contributed by atoms with Crippen LogP contribution in [0.15, 0.2) is 84.9 Å². The predicted octanol–water partition coefficient (Wildman–Crippen LogP) is 5.20. The number of nitrogens with one attached hydrogen (secondary N) is 1. The average molecular weight is 345 g/mol. The van der Waals surface area contributed by atoms with Gasteiger partial charge >= 0.3 is 0 Å². The van der Waals surface area contributed by atoms with Gasteiger partial charge in [-0.05, 0) is 54.1 Å². The second-order valence-electron chi connectivity index (χ2n) is 6.61. The Kier molecular flexibility index (Phi) is 6.86. The lowest BCUT2D eigenvalue weighted by Gasteiger charge is -2.18. The predicted molar refractivity (Wildman–Crippen MR) is 109 cm³/mol. The molecule has 0 saturated heterocycles. The highest BCUT2D eigenvalue weighted by Gasteiger charge is 2.12. The molecule has 0 bridgehead atoms. The first-order valence-electron chi connectivity index (χ1n) is 9.27. The van der Waals surface area contributed by atoms with Crippen molar-refractivity contribution in [2.24, 2.45) is 0 Å². The lowest BCUT2D eigenvalue weighted by Crippen LogP contribution is -2.18. The van der Waals surface area contributed by atoms with Crippen LogP contribution in [0, 0.1) is 0 Å². The Morgan fingerprint density at radius 1 is 0.769 bits per heavy atom. The van der Waals surface area contributed by atoms with E-state index in [9.17, 15) is 0 Å². The number of hydrogen-bond donors (Lipinski definition) is 1. The third kappa shape index (κ3) is 5.47. The van der Waals surface area contributed by atoms with Gasteiger partial charge in [0.15, 0.2) is 0 Å². The molecule has 26 heavy (non-hydrogen) atoms. The lowest BCUT2D eigenvalue weighted by atomic mass is 9.89. The maximum Gasteiger partial charge on any atom is 0.118 e. The van der Waals surface area contributed by atoms with Crippen LogP contribution in [0.4, 0.5) is 0 Å². The van der Waals surface area contributed by atoms with Crippen LogP contribution < -0.4 is 10.1 Å². The van der Waals surface area contributed by atoms with Crippen molar-refractivity contribution in [1.82, 2.24) is 5.32 Å². The standard InChI is InChI=1S/C24H27NO/c1-26-24-14-12-22(13-15-24)23(18-20-8-4-2-5-9-20)16-17-25-19-21-10-6-3-7-11-21/h2-15,23,25H,16-19H2,1H3/t23-/m1/s1. The van der Waals surface area contributed by atoms with E-state index >= 15 is 0 Å². The second-order valence-corrected chi connectivity index (χ2v) is 6.61. The van der Waals surface area contributed by atoms with E-state index in [0.29, 0.717) is 5.92 Å². The van der Waals surface area contributed by atoms with Gasteiger partial charge in [0.1, 0.15) is 5.75 Å². The number of hydrogen-bond acceptors (Lipinski definition) is 2. The molecule has 0 aromatic heterocycles. The van der Waals surface area contributed by atoms with Gasteiger partial charge in [0.2, 0.25) is 0 Å². The Bertz CT molecular complexity index is 753. The van der Waals surface area contributed by atoms with E-state index in [4.69, 9.17) is 4.74 Å². The summed E-state index contributed by atoms with van der Waals surface area (Å²) in [6, 6.07) is 29.8. The normalized spacial score (nSPS) is 11.9. The molecule has 0 saturated carbocycles. The van der Waals surface area contributed by atoms with Crippen molar-refractivity contribution in [3.8, 4) is 5.75 Å². The largest absolute Gasteiger partial charge is 0.497 e. The Morgan fingerprint density at radius 3 is 2.00 bits per heavy atom. The maximum absolute atomic E-state index is 5.30. The van der Waals surface area contributed by atoms with E-state index in [1.807, 2.05) is 0 Å². The molecule has 0 aliphatic rings. The van der Waals surface area contributed by atoms with Gasteiger partial charge in [0.25, 0.3) is 0 Å². The molecule has 0 spiro atoms. The van der Waals surface area contributed by atoms with Crippen molar-refractivity contribution in [3.05, 3.63) is 102 Å². The van der Waals surface area contributed by atoms with Crippen molar-refractivity contribution in [2.75, 3.05) is 13.7 Å². The SMILES string of the molecule is COc1ccc([C@H](CCNCc2ccccc2)Cc2ccccc2)cc1. The Hall–Kier alpha value is -2.58. The minimum atomic E-state index is 0.492. The zero-order valence-corrected chi connectivity index (χ0v) is 15.4. The van der Waals surface area contributed by atoms with Crippen LogP contribution in [-0.2, 0) is 13.0 Å². The van der Waals surface area contributed by atoms with Gasteiger partial charge in [-0.1, -0.05) is 72.8 Å². The Labute approximate surface area is 156 Å². The summed E-state index contributed by atoms with van der Waals surface area (Å²) >= 11 is 0. The van der Waals surface area contributed by atoms with E-state index in [1.165, 1.54) is 16.7 Å². The van der Waals surface area contributed by atoms with Crippen LogP contribution in [0.1, 0.15) is 29.0 Å². The number of rotatable bonds is 9. The zero-order valence-electron chi connectivity index (χ0n) is 15.4. The van der Waals surface area contributed by atoms with Crippen LogP contribution in [0.5, 0.6) is 5.75 Å². The fraction of sp³-hybridized carbons (Fsp3) is 0.250. The molecular formula is C24H27NO. The summed E-state index contributed by atoms with van der Waals surface area (Å²) in [5.41, 5.74) is 4.09. The minimum absolute atomic E-state index is 0.492. The maximum atomic E-state index is 5.30. The summed E-state index contributed by atoms with van der Waals surface area (Å²) in [7, 11) is 1.71. The van der Waals surface area contributed by atoms with Gasteiger partial charge in [0.05, 0.1) is 7.11 Å². The first-order valence-corrected chi connectivity index (χ1v) is 9.27. The molecule has 0 fully saturated rings. The smallest absolute Gasteiger partial charge is 0.118 e. The third-order valence-corrected chi connectivity index (χ3v) is 4.75. The first-order chi connectivity index (χ1) is 12.8. The number of benzene rings is 3. The van der Waals surface area contributed by atoms with Crippen LogP contribution in [0.25, 0.3) is 0 Å². The van der Waals surface area contributed by atoms with E-state index in [0.717, 1.165) is 31.7 Å². The van der Waals surface area contributed by atoms with Gasteiger partial charge in [-0.15, -0.1) is 0 Å². The molecule has 1 N–H and O–H groups in total. The Balaban J connectivity index is 1.62. The summed E-state index contributed by atoms with van der Waals surface area (Å²) in [4.78, 5) is 0. The molecule has 0 aliphatic carbocycles. The molecule has 1 atom stereocenters. The van der Waals surface area contributed by atoms with Crippen LogP contribution in [-0.4, -0.2) is 13.7 Å². The molecule has 2 nitrogen and oxygen atoms in total. The van der Waals surface area contributed by atoms with E-state index in [-0.39, 0.29) is 0 Å². The third-order valence-electron chi connectivity index (χ3n) is 4.75. The zero-order chi connectivity index (χ0) is 18.0. The van der Waals surface area contributed by atoms with Crippen LogP contribution in [0.3, 0.4) is 0 Å². The number of methoxy groups -OCH3 is 1. The molecule has 0 amide bonds. The molecule has 3 aromatic carbocycles. The van der Waals surface area contributed by atoms with Crippen molar-refractivity contribution >= 4 is 0 Å². The van der Waals surface area contributed by atoms with E-state index in [2.05, 4.69) is 90.2 Å². The molecule has 0 radical (unpaired) electrons. The molecule has 2 heteroatoms. The number of ether oxygens (including phenoxy) is 1. The average Bonchev–Trinajstić information content (AvgIpc) is 2.72. The molecular weight excluding hydrogens is 318 g/mol. The van der Waals surface area contributed by atoms with Crippen molar-refractivity contribution < 1.29 is 4.74 Å². The van der Waals surface area contributed by atoms with Crippen LogP contribution in [0.2, 0.25) is 0 Å². The Morgan fingerprint density at radius 2 is 1.38 bits per heavy atom. The van der Waals surface area contributed by atoms with Gasteiger partial charge < -0.3 is 10.1 Å². The minimum Gasteiger partial charge on any atom is -0.497 e. The van der Waals surface area contributed by atoms with Gasteiger partial charge in [-0.3, -0.25) is 0 Å². The second kappa shape index (κ2) is 9.79. The summed E-state index contributed by atoms with van der Waals surface area (Å²) in [6.07, 6.45) is 2.16. The topological polar surface area (TPSA) is 21.3 Å². The molecule has 0 aliphatic heterocycles. The molecule has 0 unspecified atom stereocenters. The molecule has 3 aromatic rings. The highest BCUT2D eigenvalue weighted by Crippen LogP contribution is 2.26. The summed E-state index contributed by atoms with van der Waals surface area (Å²) in [5.74, 6) is 1.40. The quantitative estimate of drug-likeness (QED) is 0.538. The molecule has 3 rings (SSSR count). The van der Waals surface area contributed by atoms with Gasteiger partial charge in [0, 0.05) is 6.54 Å². The summed E-state index contributed by atoms with van der Waals surface area (Å²) in [6.45, 7) is 1.92. The highest BCUT2D eigenvalue weighted by molar-refractivity contribution is 5.31. The fourth-order valence-corrected chi connectivity index (χ4v) is 3.27. The van der Waals surface area contributed by atoms with Crippen molar-refractivity contribution in [2.45, 2.75) is 25.3 Å². The van der Waals surface area contributed by atoms with E-state index in [1.54, 1.807) is 7.11 Å². The monoisotopic (exact) mass is 345 g/mol. The molecule has 134 valence electrons. The van der Waals surface area contributed by atoms with Gasteiger partial charge in [-0.25, -0.2) is 0 Å². The summed E-state index contributed by atoms with van der Waals surface area (Å²) < 4.78 is 5.30. The van der Waals surface area contributed by atoms with Crippen molar-refractivity contribution in [3.63, 3.8) is 0 Å². The van der Waals surface area contributed by atoms with E-state index < -0.39 is 0 Å². The highest BCUT2D eigenvalue weighted by atomic mass is 16.5. The summed E-state index contributed by atoms with van der Waals surface area (Å²) in [5, 5.41) is 3.59. The first kappa shape index (κ1) is 18.2. The lowest BCUT2D eigenvalue weighted by molar-refractivity contribution is 0.414. The molecule has 0 heterocycles. The van der Waals surface area contributed by atoms with Crippen LogP contribution >= 0.6 is 0 Å². The van der Waals surface area contributed by atoms with Gasteiger partial charge in [-0.2, -0.15) is 0 Å². The fourth-order valence-electron chi connectivity index (χ4n) is 3.27.